The van der Waals surface area contributed by atoms with E-state index in [1.807, 2.05) is 18.4 Å². The van der Waals surface area contributed by atoms with Gasteiger partial charge in [0, 0.05) is 17.6 Å². The maximum Gasteiger partial charge on any atom is 0.265 e. The summed E-state index contributed by atoms with van der Waals surface area (Å²) in [5, 5.41) is 10.4. The molecular formula is C10H11BrN2OS. The van der Waals surface area contributed by atoms with Gasteiger partial charge in [-0.1, -0.05) is 0 Å². The molecule has 80 valence electrons. The van der Waals surface area contributed by atoms with Crippen molar-refractivity contribution in [2.24, 2.45) is 0 Å². The zero-order valence-electron chi connectivity index (χ0n) is 8.53. The van der Waals surface area contributed by atoms with Crippen LogP contribution in [0.5, 0.6) is 0 Å². The summed E-state index contributed by atoms with van der Waals surface area (Å²) in [6.07, 6.45) is 0.352. The van der Waals surface area contributed by atoms with Crippen LogP contribution in [-0.4, -0.2) is 23.9 Å². The van der Waals surface area contributed by atoms with Gasteiger partial charge >= 0.3 is 0 Å². The van der Waals surface area contributed by atoms with Crippen LogP contribution in [0.3, 0.4) is 0 Å². The number of nitriles is 1. The van der Waals surface area contributed by atoms with Gasteiger partial charge in [-0.15, -0.1) is 11.3 Å². The number of hydrogen-bond donors (Lipinski definition) is 0. The first-order valence-electron chi connectivity index (χ1n) is 4.45. The van der Waals surface area contributed by atoms with E-state index in [1.165, 1.54) is 11.3 Å². The molecule has 0 aromatic carbocycles. The van der Waals surface area contributed by atoms with Gasteiger partial charge in [-0.05, 0) is 34.3 Å². The van der Waals surface area contributed by atoms with E-state index in [2.05, 4.69) is 22.0 Å². The summed E-state index contributed by atoms with van der Waals surface area (Å²) in [7, 11) is 1.72. The predicted octanol–water partition coefficient (Wildman–Crippen LogP) is 2.88. The summed E-state index contributed by atoms with van der Waals surface area (Å²) in [5.74, 6) is -0.0420. The molecule has 0 saturated carbocycles. The number of nitrogens with zero attached hydrogens (tertiary/aromatic N) is 2. The molecule has 1 rings (SSSR count). The Morgan fingerprint density at radius 2 is 2.47 bits per heavy atom. The quantitative estimate of drug-likeness (QED) is 0.858. The normalized spacial score (nSPS) is 11.9. The van der Waals surface area contributed by atoms with E-state index in [0.29, 0.717) is 11.3 Å². The summed E-state index contributed by atoms with van der Waals surface area (Å²) < 4.78 is 0.813. The molecule has 0 aliphatic heterocycles. The molecule has 0 saturated heterocycles. The van der Waals surface area contributed by atoms with Crippen LogP contribution < -0.4 is 0 Å². The van der Waals surface area contributed by atoms with Crippen molar-refractivity contribution in [3.05, 3.63) is 20.8 Å². The van der Waals surface area contributed by atoms with E-state index in [1.54, 1.807) is 11.9 Å². The number of amides is 1. The Labute approximate surface area is 101 Å². The molecule has 0 aliphatic carbocycles. The average Bonchev–Trinajstić information content (AvgIpc) is 2.62. The van der Waals surface area contributed by atoms with Crippen molar-refractivity contribution in [1.29, 1.82) is 5.26 Å². The maximum atomic E-state index is 11.9. The highest BCUT2D eigenvalue weighted by atomic mass is 79.9. The first-order valence-corrected chi connectivity index (χ1v) is 6.12. The van der Waals surface area contributed by atoms with Crippen LogP contribution in [0.2, 0.25) is 0 Å². The van der Waals surface area contributed by atoms with Gasteiger partial charge < -0.3 is 4.90 Å². The summed E-state index contributed by atoms with van der Waals surface area (Å²) in [4.78, 5) is 14.2. The van der Waals surface area contributed by atoms with E-state index in [4.69, 9.17) is 5.26 Å². The predicted molar refractivity (Wildman–Crippen MR) is 63.8 cm³/mol. The second-order valence-electron chi connectivity index (χ2n) is 3.22. The first-order chi connectivity index (χ1) is 7.07. The molecule has 15 heavy (non-hydrogen) atoms. The van der Waals surface area contributed by atoms with Crippen molar-refractivity contribution >= 4 is 33.2 Å². The lowest BCUT2D eigenvalue weighted by molar-refractivity contribution is 0.0750. The Balaban J connectivity index is 2.78. The van der Waals surface area contributed by atoms with Gasteiger partial charge in [-0.3, -0.25) is 4.79 Å². The third-order valence-corrected chi connectivity index (χ3v) is 4.01. The number of halogens is 1. The van der Waals surface area contributed by atoms with Crippen molar-refractivity contribution in [3.63, 3.8) is 0 Å². The molecule has 1 aromatic rings. The van der Waals surface area contributed by atoms with Crippen molar-refractivity contribution in [2.45, 2.75) is 19.4 Å². The van der Waals surface area contributed by atoms with Crippen molar-refractivity contribution in [3.8, 4) is 6.07 Å². The molecule has 5 heteroatoms. The van der Waals surface area contributed by atoms with Gasteiger partial charge in [-0.25, -0.2) is 0 Å². The van der Waals surface area contributed by atoms with E-state index in [0.717, 1.165) is 4.47 Å². The molecule has 3 nitrogen and oxygen atoms in total. The Hall–Kier alpha value is -0.860. The van der Waals surface area contributed by atoms with Gasteiger partial charge in [-0.2, -0.15) is 5.26 Å². The lowest BCUT2D eigenvalue weighted by Crippen LogP contribution is -2.34. The fourth-order valence-corrected chi connectivity index (χ4v) is 2.60. The van der Waals surface area contributed by atoms with E-state index in [-0.39, 0.29) is 11.9 Å². The summed E-state index contributed by atoms with van der Waals surface area (Å²) >= 11 is 4.72. The monoisotopic (exact) mass is 286 g/mol. The number of carbonyl (C=O) groups is 1. The summed E-state index contributed by atoms with van der Waals surface area (Å²) in [5.41, 5.74) is 0. The topological polar surface area (TPSA) is 44.1 Å². The van der Waals surface area contributed by atoms with E-state index in [9.17, 15) is 4.79 Å². The highest BCUT2D eigenvalue weighted by Gasteiger charge is 2.20. The van der Waals surface area contributed by atoms with Crippen LogP contribution in [0.1, 0.15) is 23.0 Å². The smallest absolute Gasteiger partial charge is 0.265 e. The summed E-state index contributed by atoms with van der Waals surface area (Å²) in [6, 6.07) is 3.85. The van der Waals surface area contributed by atoms with Crippen LogP contribution in [0.4, 0.5) is 0 Å². The molecule has 1 unspecified atom stereocenters. The Kier molecular flexibility index (Phi) is 4.30. The molecule has 0 bridgehead atoms. The SMILES string of the molecule is CC(CC#N)N(C)C(=O)c1sccc1Br. The van der Waals surface area contributed by atoms with Gasteiger partial charge in [0.2, 0.25) is 0 Å². The molecule has 0 spiro atoms. The number of rotatable bonds is 3. The number of hydrogen-bond acceptors (Lipinski definition) is 3. The first kappa shape index (κ1) is 12.2. The average molecular weight is 287 g/mol. The van der Waals surface area contributed by atoms with Gasteiger partial charge in [0.05, 0.1) is 12.5 Å². The van der Waals surface area contributed by atoms with E-state index < -0.39 is 0 Å². The highest BCUT2D eigenvalue weighted by molar-refractivity contribution is 9.10. The molecule has 1 amide bonds. The lowest BCUT2D eigenvalue weighted by atomic mass is 10.2. The molecule has 0 radical (unpaired) electrons. The largest absolute Gasteiger partial charge is 0.337 e. The zero-order valence-corrected chi connectivity index (χ0v) is 10.9. The van der Waals surface area contributed by atoms with Crippen LogP contribution in [0, 0.1) is 11.3 Å². The molecule has 0 aliphatic rings. The highest BCUT2D eigenvalue weighted by Crippen LogP contribution is 2.24. The van der Waals surface area contributed by atoms with Crippen LogP contribution >= 0.6 is 27.3 Å². The standard InChI is InChI=1S/C10H11BrN2OS/c1-7(3-5-12)13(2)10(14)9-8(11)4-6-15-9/h4,6-7H,3H2,1-2H3. The fraction of sp³-hybridized carbons (Fsp3) is 0.400. The van der Waals surface area contributed by atoms with Crippen molar-refractivity contribution in [2.75, 3.05) is 7.05 Å². The zero-order chi connectivity index (χ0) is 11.4. The van der Waals surface area contributed by atoms with Gasteiger partial charge in [0.15, 0.2) is 0 Å². The third kappa shape index (κ3) is 2.80. The van der Waals surface area contributed by atoms with Crippen molar-refractivity contribution < 1.29 is 4.79 Å². The molecule has 1 atom stereocenters. The van der Waals surface area contributed by atoms with Crippen LogP contribution in [0.15, 0.2) is 15.9 Å². The van der Waals surface area contributed by atoms with Crippen LogP contribution in [0.25, 0.3) is 0 Å². The second kappa shape index (κ2) is 5.29. The summed E-state index contributed by atoms with van der Waals surface area (Å²) in [6.45, 7) is 1.86. The van der Waals surface area contributed by atoms with Crippen molar-refractivity contribution in [1.82, 2.24) is 4.90 Å². The number of thiophene rings is 1. The number of carbonyl (C=O) groups excluding carboxylic acids is 1. The Morgan fingerprint density at radius 1 is 1.80 bits per heavy atom. The van der Waals surface area contributed by atoms with Gasteiger partial charge in [0.1, 0.15) is 4.88 Å². The minimum absolute atomic E-state index is 0.0420. The Bertz CT molecular complexity index is 396. The third-order valence-electron chi connectivity index (χ3n) is 2.18. The lowest BCUT2D eigenvalue weighted by Gasteiger charge is -2.22. The van der Waals surface area contributed by atoms with Crippen LogP contribution in [-0.2, 0) is 0 Å². The second-order valence-corrected chi connectivity index (χ2v) is 5.00. The molecule has 0 fully saturated rings. The van der Waals surface area contributed by atoms with E-state index >= 15 is 0 Å². The molecule has 1 aromatic heterocycles. The molecule has 1 heterocycles. The maximum absolute atomic E-state index is 11.9. The minimum atomic E-state index is -0.0588. The Morgan fingerprint density at radius 3 is 2.93 bits per heavy atom. The molecular weight excluding hydrogens is 276 g/mol. The molecule has 0 N–H and O–H groups in total. The van der Waals surface area contributed by atoms with Gasteiger partial charge in [0.25, 0.3) is 5.91 Å². The minimum Gasteiger partial charge on any atom is -0.337 e. The fourth-order valence-electron chi connectivity index (χ4n) is 1.08.